The Bertz CT molecular complexity index is 529. The molecule has 0 amide bonds. The van der Waals surface area contributed by atoms with Gasteiger partial charge in [0.2, 0.25) is 0 Å². The van der Waals surface area contributed by atoms with Crippen LogP contribution < -0.4 is 0 Å². The summed E-state index contributed by atoms with van der Waals surface area (Å²) in [4.78, 5) is 12.1. The van der Waals surface area contributed by atoms with Crippen LogP contribution in [-0.4, -0.2) is 63.4 Å². The molecule has 258 valence electrons. The van der Waals surface area contributed by atoms with Gasteiger partial charge in [0.25, 0.3) is 0 Å². The van der Waals surface area contributed by atoms with Gasteiger partial charge in [0.05, 0.1) is 19.8 Å². The molecule has 6 heteroatoms. The lowest BCUT2D eigenvalue weighted by atomic mass is 10.1. The summed E-state index contributed by atoms with van der Waals surface area (Å²) < 4.78 is 22.8. The lowest BCUT2D eigenvalue weighted by molar-refractivity contribution is -0.150. The van der Waals surface area contributed by atoms with E-state index < -0.39 is 0 Å². The number of hydrogen-bond donors (Lipinski definition) is 1. The Morgan fingerprint density at radius 2 is 0.907 bits per heavy atom. The lowest BCUT2D eigenvalue weighted by Crippen LogP contribution is -2.28. The van der Waals surface area contributed by atoms with E-state index in [1.54, 1.807) is 0 Å². The quantitative estimate of drug-likeness (QED) is 0.0554. The topological polar surface area (TPSA) is 74.2 Å². The van der Waals surface area contributed by atoms with Crippen LogP contribution in [0.3, 0.4) is 0 Å². The first-order chi connectivity index (χ1) is 21.2. The number of aliphatic hydroxyl groups is 1. The Morgan fingerprint density at radius 1 is 0.488 bits per heavy atom. The minimum atomic E-state index is -0.229. The molecule has 0 aliphatic heterocycles. The van der Waals surface area contributed by atoms with Gasteiger partial charge in [-0.1, -0.05) is 155 Å². The van der Waals surface area contributed by atoms with Crippen molar-refractivity contribution in [2.24, 2.45) is 0 Å². The summed E-state index contributed by atoms with van der Waals surface area (Å²) >= 11 is 0. The van der Waals surface area contributed by atoms with Gasteiger partial charge in [0, 0.05) is 26.2 Å². The highest BCUT2D eigenvalue weighted by atomic mass is 16.6. The summed E-state index contributed by atoms with van der Waals surface area (Å²) in [5.74, 6) is -0.229. The Kier molecular flexibility index (Phi) is 36.9. The summed E-state index contributed by atoms with van der Waals surface area (Å²) in [6.07, 6.45) is 32.6. The van der Waals surface area contributed by atoms with Crippen molar-refractivity contribution in [3.05, 3.63) is 0 Å². The first-order valence-electron chi connectivity index (χ1n) is 18.8. The Balaban J connectivity index is 3.96. The molecule has 1 unspecified atom stereocenters. The van der Waals surface area contributed by atoms with Crippen molar-refractivity contribution in [1.29, 1.82) is 0 Å². The van der Waals surface area contributed by atoms with E-state index in [1.165, 1.54) is 141 Å². The van der Waals surface area contributed by atoms with Gasteiger partial charge in [0.1, 0.15) is 12.7 Å². The molecule has 0 heterocycles. The van der Waals surface area contributed by atoms with Crippen LogP contribution in [0.5, 0.6) is 0 Å². The molecule has 0 aliphatic rings. The molecule has 1 N–H and O–H groups in total. The molecule has 0 saturated carbocycles. The van der Waals surface area contributed by atoms with Crippen molar-refractivity contribution >= 4 is 5.97 Å². The Hall–Kier alpha value is -0.690. The zero-order valence-electron chi connectivity index (χ0n) is 28.9. The first-order valence-corrected chi connectivity index (χ1v) is 18.8. The van der Waals surface area contributed by atoms with Crippen molar-refractivity contribution < 1.29 is 28.8 Å². The molecule has 0 saturated heterocycles. The van der Waals surface area contributed by atoms with E-state index in [9.17, 15) is 4.79 Å². The third kappa shape index (κ3) is 35.7. The van der Waals surface area contributed by atoms with E-state index in [4.69, 9.17) is 24.1 Å². The summed E-state index contributed by atoms with van der Waals surface area (Å²) in [5, 5.41) is 8.77. The number of rotatable bonds is 37. The van der Waals surface area contributed by atoms with Gasteiger partial charge < -0.3 is 24.1 Å². The summed E-state index contributed by atoms with van der Waals surface area (Å²) in [7, 11) is 0. The maximum absolute atomic E-state index is 12.1. The molecule has 0 aliphatic carbocycles. The van der Waals surface area contributed by atoms with E-state index in [0.29, 0.717) is 39.3 Å². The smallest absolute Gasteiger partial charge is 0.305 e. The zero-order valence-corrected chi connectivity index (χ0v) is 28.9. The van der Waals surface area contributed by atoms with Gasteiger partial charge in [-0.15, -0.1) is 0 Å². The molecule has 1 atom stereocenters. The Morgan fingerprint density at radius 3 is 1.37 bits per heavy atom. The largest absolute Gasteiger partial charge is 0.463 e. The van der Waals surface area contributed by atoms with Gasteiger partial charge in [-0.05, 0) is 19.3 Å². The van der Waals surface area contributed by atoms with E-state index in [2.05, 4.69) is 13.8 Å². The number of aliphatic hydroxyl groups excluding tert-OH is 1. The molecule has 0 bridgehead atoms. The zero-order chi connectivity index (χ0) is 31.3. The number of carbonyl (C=O) groups excluding carboxylic acids is 1. The molecule has 0 radical (unpaired) electrons. The van der Waals surface area contributed by atoms with Gasteiger partial charge in [0.15, 0.2) is 0 Å². The third-order valence-electron chi connectivity index (χ3n) is 8.13. The fourth-order valence-corrected chi connectivity index (χ4v) is 5.34. The minimum Gasteiger partial charge on any atom is -0.463 e. The summed E-state index contributed by atoms with van der Waals surface area (Å²) in [5.41, 5.74) is 0. The molecule has 0 aromatic heterocycles. The highest BCUT2D eigenvalue weighted by Crippen LogP contribution is 2.13. The molecule has 0 spiro atoms. The first kappa shape index (κ1) is 42.3. The highest BCUT2D eigenvalue weighted by molar-refractivity contribution is 5.69. The average Bonchev–Trinajstić information content (AvgIpc) is 3.01. The number of unbranched alkanes of at least 4 members (excludes halogenated alkanes) is 22. The maximum atomic E-state index is 12.1. The number of ether oxygens (including phenoxy) is 4. The number of hydrogen-bond acceptors (Lipinski definition) is 6. The van der Waals surface area contributed by atoms with Crippen LogP contribution in [0.1, 0.15) is 181 Å². The van der Waals surface area contributed by atoms with Gasteiger partial charge >= 0.3 is 5.97 Å². The lowest BCUT2D eigenvalue weighted by Gasteiger charge is -2.18. The van der Waals surface area contributed by atoms with E-state index >= 15 is 0 Å². The van der Waals surface area contributed by atoms with Gasteiger partial charge in [-0.3, -0.25) is 4.79 Å². The predicted octanol–water partition coefficient (Wildman–Crippen LogP) is 10.1. The van der Waals surface area contributed by atoms with Crippen molar-refractivity contribution in [2.75, 3.05) is 46.2 Å². The SMILES string of the molecule is CCCCCCCCCCCCCCOCC(COC(=O)CCCOCCO)OCCCCCCCCCCCCCC. The minimum absolute atomic E-state index is 0.00190. The van der Waals surface area contributed by atoms with Crippen molar-refractivity contribution in [2.45, 2.75) is 187 Å². The van der Waals surface area contributed by atoms with Crippen LogP contribution in [0.25, 0.3) is 0 Å². The van der Waals surface area contributed by atoms with Crippen molar-refractivity contribution in [1.82, 2.24) is 0 Å². The van der Waals surface area contributed by atoms with Crippen LogP contribution in [0.15, 0.2) is 0 Å². The predicted molar refractivity (Wildman–Crippen MR) is 181 cm³/mol. The second-order valence-electron chi connectivity index (χ2n) is 12.5. The Labute approximate surface area is 267 Å². The fraction of sp³-hybridized carbons (Fsp3) is 0.973. The molecule has 6 nitrogen and oxygen atoms in total. The van der Waals surface area contributed by atoms with E-state index in [-0.39, 0.29) is 25.3 Å². The van der Waals surface area contributed by atoms with Crippen molar-refractivity contribution in [3.63, 3.8) is 0 Å². The van der Waals surface area contributed by atoms with E-state index in [1.807, 2.05) is 0 Å². The number of carbonyl (C=O) groups is 1. The van der Waals surface area contributed by atoms with Crippen LogP contribution in [0.2, 0.25) is 0 Å². The second-order valence-corrected chi connectivity index (χ2v) is 12.5. The number of esters is 1. The van der Waals surface area contributed by atoms with Crippen LogP contribution in [0, 0.1) is 0 Å². The monoisotopic (exact) mass is 615 g/mol. The van der Waals surface area contributed by atoms with Gasteiger partial charge in [-0.2, -0.15) is 0 Å². The van der Waals surface area contributed by atoms with Crippen molar-refractivity contribution in [3.8, 4) is 0 Å². The molecular weight excluding hydrogens is 540 g/mol. The van der Waals surface area contributed by atoms with Crippen LogP contribution in [0.4, 0.5) is 0 Å². The van der Waals surface area contributed by atoms with Crippen LogP contribution >= 0.6 is 0 Å². The molecule has 0 rings (SSSR count). The molecule has 0 aromatic carbocycles. The second kappa shape index (κ2) is 37.5. The average molecular weight is 615 g/mol. The molecule has 43 heavy (non-hydrogen) atoms. The third-order valence-corrected chi connectivity index (χ3v) is 8.13. The van der Waals surface area contributed by atoms with Crippen LogP contribution in [-0.2, 0) is 23.7 Å². The molecule has 0 aromatic rings. The fourth-order valence-electron chi connectivity index (χ4n) is 5.34. The standard InChI is InChI=1S/C37H74O6/c1-3-5-7-9-11-13-15-17-19-21-23-25-30-41-34-36(35-43-37(39)28-27-31-40-33-29-38)42-32-26-24-22-20-18-16-14-12-10-8-6-4-2/h36,38H,3-35H2,1-2H3. The van der Waals surface area contributed by atoms with E-state index in [0.717, 1.165) is 19.4 Å². The normalized spacial score (nSPS) is 12.2. The summed E-state index contributed by atoms with van der Waals surface area (Å²) in [6.45, 7) is 7.46. The molecule has 0 fully saturated rings. The highest BCUT2D eigenvalue weighted by Gasteiger charge is 2.13. The molecular formula is C37H74O6. The van der Waals surface area contributed by atoms with Gasteiger partial charge in [-0.25, -0.2) is 0 Å². The maximum Gasteiger partial charge on any atom is 0.305 e. The summed E-state index contributed by atoms with van der Waals surface area (Å²) in [6, 6.07) is 0.